The Kier molecular flexibility index (Phi) is 3.15. The fourth-order valence-electron chi connectivity index (χ4n) is 1.81. The van der Waals surface area contributed by atoms with E-state index >= 15 is 0 Å². The summed E-state index contributed by atoms with van der Waals surface area (Å²) in [4.78, 5) is 11.2. The maximum atomic E-state index is 11.2. The SMILES string of the molecule is CC(=O)[C]1[CH][CH][C](B2OC(C)(C)C(C)(C)O2)[CH]1. The molecule has 1 aliphatic heterocycles. The summed E-state index contributed by atoms with van der Waals surface area (Å²) in [6.45, 7) is 9.62. The molecular formula is C13H18BO3. The minimum Gasteiger partial charge on any atom is -0.403 e. The number of rotatable bonds is 2. The van der Waals surface area contributed by atoms with Crippen LogP contribution in [0.3, 0.4) is 0 Å². The Labute approximate surface area is 104 Å². The molecule has 2 aliphatic rings. The number of ketones is 1. The highest BCUT2D eigenvalue weighted by molar-refractivity contribution is 6.54. The van der Waals surface area contributed by atoms with Gasteiger partial charge in [-0.25, -0.2) is 0 Å². The Morgan fingerprint density at radius 3 is 2.06 bits per heavy atom. The number of hydrogen-bond donors (Lipinski definition) is 0. The van der Waals surface area contributed by atoms with Gasteiger partial charge in [0.25, 0.3) is 0 Å². The minimum atomic E-state index is -0.381. The quantitative estimate of drug-likeness (QED) is 0.684. The van der Waals surface area contributed by atoms with Crippen molar-refractivity contribution in [3.8, 4) is 0 Å². The van der Waals surface area contributed by atoms with Gasteiger partial charge in [-0.2, -0.15) is 0 Å². The first-order valence-electron chi connectivity index (χ1n) is 5.86. The zero-order valence-electron chi connectivity index (χ0n) is 11.0. The average Bonchev–Trinajstić information content (AvgIpc) is 2.70. The second kappa shape index (κ2) is 4.09. The zero-order chi connectivity index (χ0) is 12.8. The van der Waals surface area contributed by atoms with Crippen LogP contribution >= 0.6 is 0 Å². The highest BCUT2D eigenvalue weighted by atomic mass is 16.7. The lowest BCUT2D eigenvalue weighted by molar-refractivity contribution is -0.114. The number of Topliss-reactive ketones (excluding diaryl/α,β-unsaturated/α-hetero) is 1. The molecule has 1 heterocycles. The Morgan fingerprint density at radius 1 is 1.12 bits per heavy atom. The zero-order valence-corrected chi connectivity index (χ0v) is 11.0. The van der Waals surface area contributed by atoms with Gasteiger partial charge < -0.3 is 9.31 Å². The Bertz CT molecular complexity index is 309. The van der Waals surface area contributed by atoms with Crippen LogP contribution in [0.25, 0.3) is 0 Å². The standard InChI is InChI=1S/C13H18BO3/c1-9(15)10-6-7-11(8-10)14-16-12(2,3)13(4,5)17-14/h6-8H,1-5H3. The lowest BCUT2D eigenvalue weighted by atomic mass is 9.70. The molecule has 0 spiro atoms. The van der Waals surface area contributed by atoms with Crippen molar-refractivity contribution in [1.82, 2.24) is 0 Å². The first-order valence-corrected chi connectivity index (χ1v) is 5.86. The van der Waals surface area contributed by atoms with Crippen molar-refractivity contribution >= 4 is 12.9 Å². The molecule has 1 saturated carbocycles. The molecule has 0 amide bonds. The summed E-state index contributed by atoms with van der Waals surface area (Å²) in [5.41, 5.74) is -0.684. The third-order valence-corrected chi connectivity index (χ3v) is 3.71. The van der Waals surface area contributed by atoms with Crippen molar-refractivity contribution < 1.29 is 14.1 Å². The van der Waals surface area contributed by atoms with E-state index in [1.165, 1.54) is 0 Å². The van der Waals surface area contributed by atoms with E-state index in [0.29, 0.717) is 5.92 Å². The smallest absolute Gasteiger partial charge is 0.403 e. The van der Waals surface area contributed by atoms with E-state index < -0.39 is 0 Å². The van der Waals surface area contributed by atoms with Gasteiger partial charge in [0.1, 0.15) is 5.78 Å². The van der Waals surface area contributed by atoms with Crippen LogP contribution in [0.1, 0.15) is 34.6 Å². The average molecular weight is 233 g/mol. The van der Waals surface area contributed by atoms with Crippen LogP contribution in [-0.2, 0) is 14.1 Å². The van der Waals surface area contributed by atoms with E-state index in [2.05, 4.69) is 0 Å². The van der Waals surface area contributed by atoms with Gasteiger partial charge in [-0.3, -0.25) is 4.79 Å². The molecule has 0 aromatic carbocycles. The van der Waals surface area contributed by atoms with Crippen molar-refractivity contribution in [3.05, 3.63) is 31.0 Å². The molecule has 0 unspecified atom stereocenters. The van der Waals surface area contributed by atoms with Gasteiger partial charge in [0, 0.05) is 11.7 Å². The Balaban J connectivity index is 2.01. The molecule has 0 bridgehead atoms. The first kappa shape index (κ1) is 13.1. The third-order valence-electron chi connectivity index (χ3n) is 3.71. The molecule has 0 aromatic heterocycles. The second-order valence-electron chi connectivity index (χ2n) is 5.58. The van der Waals surface area contributed by atoms with Gasteiger partial charge in [0.2, 0.25) is 0 Å². The normalized spacial score (nSPS) is 28.9. The molecule has 5 radical (unpaired) electrons. The topological polar surface area (TPSA) is 35.5 Å². The fraction of sp³-hybridized carbons (Fsp3) is 0.538. The van der Waals surface area contributed by atoms with Crippen LogP contribution in [0.15, 0.2) is 0 Å². The monoisotopic (exact) mass is 233 g/mol. The second-order valence-corrected chi connectivity index (χ2v) is 5.58. The molecule has 1 saturated heterocycles. The van der Waals surface area contributed by atoms with Gasteiger partial charge in [-0.15, -0.1) is 0 Å². The van der Waals surface area contributed by atoms with Crippen LogP contribution in [0, 0.1) is 31.0 Å². The molecular weight excluding hydrogens is 215 g/mol. The maximum absolute atomic E-state index is 11.2. The van der Waals surface area contributed by atoms with Crippen molar-refractivity contribution in [2.75, 3.05) is 0 Å². The van der Waals surface area contributed by atoms with E-state index in [4.69, 9.17) is 9.31 Å². The molecule has 2 rings (SSSR count). The number of carbonyl (C=O) groups excluding carboxylic acids is 1. The number of hydrogen-bond acceptors (Lipinski definition) is 3. The number of carbonyl (C=O) groups is 1. The van der Waals surface area contributed by atoms with Crippen molar-refractivity contribution in [3.63, 3.8) is 0 Å². The molecule has 0 N–H and O–H groups in total. The van der Waals surface area contributed by atoms with E-state index in [1.54, 1.807) is 6.92 Å². The van der Waals surface area contributed by atoms with Crippen LogP contribution < -0.4 is 0 Å². The summed E-state index contributed by atoms with van der Waals surface area (Å²) < 4.78 is 11.8. The predicted octanol–water partition coefficient (Wildman–Crippen LogP) is 1.98. The Morgan fingerprint density at radius 2 is 1.65 bits per heavy atom. The summed E-state index contributed by atoms with van der Waals surface area (Å²) in [7, 11) is -0.381. The summed E-state index contributed by atoms with van der Waals surface area (Å²) in [5.74, 6) is 1.68. The summed E-state index contributed by atoms with van der Waals surface area (Å²) in [6, 6.07) is 0. The van der Waals surface area contributed by atoms with Gasteiger partial charge in [0.05, 0.1) is 11.2 Å². The van der Waals surface area contributed by atoms with Gasteiger partial charge >= 0.3 is 7.12 Å². The van der Waals surface area contributed by atoms with Crippen LogP contribution in [0.4, 0.5) is 0 Å². The van der Waals surface area contributed by atoms with Gasteiger partial charge in [-0.05, 0) is 53.9 Å². The maximum Gasteiger partial charge on any atom is 0.465 e. The molecule has 3 nitrogen and oxygen atoms in total. The van der Waals surface area contributed by atoms with Crippen molar-refractivity contribution in [2.24, 2.45) is 0 Å². The highest BCUT2D eigenvalue weighted by Gasteiger charge is 2.55. The summed E-state index contributed by atoms with van der Waals surface area (Å²) >= 11 is 0. The van der Waals surface area contributed by atoms with Crippen LogP contribution in [0.5, 0.6) is 0 Å². The lowest BCUT2D eigenvalue weighted by Crippen LogP contribution is -2.41. The molecule has 0 atom stereocenters. The summed E-state index contributed by atoms with van der Waals surface area (Å²) in [5, 5.41) is 0. The molecule has 4 heteroatoms. The Hall–Kier alpha value is -0.345. The predicted molar refractivity (Wildman–Crippen MR) is 66.1 cm³/mol. The van der Waals surface area contributed by atoms with Crippen LogP contribution in [0.2, 0.25) is 0 Å². The molecule has 1 aliphatic carbocycles. The summed E-state index contributed by atoms with van der Waals surface area (Å²) in [6.07, 6.45) is 5.53. The van der Waals surface area contributed by atoms with E-state index in [-0.39, 0.29) is 24.1 Å². The van der Waals surface area contributed by atoms with E-state index in [1.807, 2.05) is 47.0 Å². The van der Waals surface area contributed by atoms with Crippen LogP contribution in [-0.4, -0.2) is 24.1 Å². The largest absolute Gasteiger partial charge is 0.465 e. The molecule has 91 valence electrons. The van der Waals surface area contributed by atoms with E-state index in [9.17, 15) is 4.79 Å². The highest BCUT2D eigenvalue weighted by Crippen LogP contribution is 2.43. The molecule has 2 fully saturated rings. The van der Waals surface area contributed by atoms with Crippen molar-refractivity contribution in [1.29, 1.82) is 0 Å². The molecule has 0 aromatic rings. The van der Waals surface area contributed by atoms with Gasteiger partial charge in [-0.1, -0.05) is 0 Å². The minimum absolute atomic E-state index is 0.0627. The molecule has 17 heavy (non-hydrogen) atoms. The van der Waals surface area contributed by atoms with E-state index in [0.717, 1.165) is 5.82 Å². The van der Waals surface area contributed by atoms with Crippen molar-refractivity contribution in [2.45, 2.75) is 45.8 Å². The fourth-order valence-corrected chi connectivity index (χ4v) is 1.81. The van der Waals surface area contributed by atoms with Gasteiger partial charge in [0.15, 0.2) is 0 Å². The first-order chi connectivity index (χ1) is 7.73. The third kappa shape index (κ3) is 2.30. The lowest BCUT2D eigenvalue weighted by Gasteiger charge is -2.32.